The molecule has 0 spiro atoms. The number of hydrogen-bond acceptors (Lipinski definition) is 4. The number of fused-ring (bicyclic) bond motifs is 1. The monoisotopic (exact) mass is 496 g/mol. The summed E-state index contributed by atoms with van der Waals surface area (Å²) in [7, 11) is 1.74. The number of rotatable bonds is 5. The number of carbonyl (C=O) groups excluding carboxylic acids is 1. The second-order valence-corrected chi connectivity index (χ2v) is 9.56. The Hall–Kier alpha value is -4.15. The van der Waals surface area contributed by atoms with E-state index < -0.39 is 11.6 Å². The molecule has 7 heteroatoms. The van der Waals surface area contributed by atoms with E-state index in [0.29, 0.717) is 34.1 Å². The summed E-state index contributed by atoms with van der Waals surface area (Å²) in [4.78, 5) is 20.2. The van der Waals surface area contributed by atoms with Crippen molar-refractivity contribution in [2.45, 2.75) is 25.8 Å². The quantitative estimate of drug-likeness (QED) is 0.376. The molecule has 2 heterocycles. The summed E-state index contributed by atoms with van der Waals surface area (Å²) in [6.45, 7) is 3.39. The highest BCUT2D eigenvalue weighted by Crippen LogP contribution is 2.34. The summed E-state index contributed by atoms with van der Waals surface area (Å²) in [5.41, 5.74) is 4.73. The molecule has 1 aliphatic heterocycles. The van der Waals surface area contributed by atoms with Crippen LogP contribution in [0.1, 0.15) is 34.3 Å². The maximum atomic E-state index is 14.2. The molecule has 1 N–H and O–H groups in total. The minimum absolute atomic E-state index is 0.198. The number of aryl methyl sites for hydroxylation is 1. The number of halogens is 2. The van der Waals surface area contributed by atoms with Crippen molar-refractivity contribution in [1.29, 1.82) is 5.26 Å². The molecule has 5 rings (SSSR count). The predicted octanol–water partition coefficient (Wildman–Crippen LogP) is 5.85. The van der Waals surface area contributed by atoms with Gasteiger partial charge in [-0.2, -0.15) is 5.26 Å². The van der Waals surface area contributed by atoms with Crippen LogP contribution in [-0.4, -0.2) is 42.0 Å². The molecule has 1 aromatic heterocycles. The molecule has 0 bridgehead atoms. The maximum absolute atomic E-state index is 14.2. The van der Waals surface area contributed by atoms with Crippen molar-refractivity contribution in [3.63, 3.8) is 0 Å². The van der Waals surface area contributed by atoms with Crippen LogP contribution in [0.2, 0.25) is 0 Å². The molecule has 1 amide bonds. The fourth-order valence-corrected chi connectivity index (χ4v) is 5.04. The van der Waals surface area contributed by atoms with Crippen molar-refractivity contribution in [2.75, 3.05) is 20.1 Å². The fraction of sp³-hybridized carbons (Fsp3) is 0.233. The normalized spacial score (nSPS) is 15.1. The van der Waals surface area contributed by atoms with E-state index in [4.69, 9.17) is 0 Å². The number of pyridine rings is 1. The fourth-order valence-electron chi connectivity index (χ4n) is 5.04. The van der Waals surface area contributed by atoms with Crippen LogP contribution in [0.15, 0.2) is 60.8 Å². The van der Waals surface area contributed by atoms with E-state index in [2.05, 4.69) is 16.4 Å². The van der Waals surface area contributed by atoms with Crippen molar-refractivity contribution in [3.05, 3.63) is 89.1 Å². The Bertz CT molecular complexity index is 1530. The summed E-state index contributed by atoms with van der Waals surface area (Å²) in [6.07, 6.45) is 3.55. The zero-order valence-electron chi connectivity index (χ0n) is 20.7. The second-order valence-electron chi connectivity index (χ2n) is 9.56. The van der Waals surface area contributed by atoms with Crippen LogP contribution in [0.4, 0.5) is 8.78 Å². The van der Waals surface area contributed by atoms with Gasteiger partial charge in [0.2, 0.25) is 0 Å². The van der Waals surface area contributed by atoms with Crippen LogP contribution in [0, 0.1) is 29.9 Å². The van der Waals surface area contributed by atoms with Gasteiger partial charge in [-0.3, -0.25) is 9.78 Å². The third-order valence-corrected chi connectivity index (χ3v) is 6.94. The van der Waals surface area contributed by atoms with E-state index in [-0.39, 0.29) is 17.5 Å². The molecule has 1 saturated heterocycles. The average molecular weight is 497 g/mol. The summed E-state index contributed by atoms with van der Waals surface area (Å²) in [6, 6.07) is 16.7. The van der Waals surface area contributed by atoms with Gasteiger partial charge in [-0.15, -0.1) is 0 Å². The number of nitrogens with zero attached hydrogens (tertiary/aromatic N) is 3. The highest BCUT2D eigenvalue weighted by Gasteiger charge is 2.25. The highest BCUT2D eigenvalue weighted by molar-refractivity contribution is 6.12. The Morgan fingerprint density at radius 1 is 1.08 bits per heavy atom. The van der Waals surface area contributed by atoms with E-state index >= 15 is 0 Å². The third-order valence-electron chi connectivity index (χ3n) is 6.94. The van der Waals surface area contributed by atoms with Gasteiger partial charge in [0.1, 0.15) is 11.6 Å². The third kappa shape index (κ3) is 4.93. The predicted molar refractivity (Wildman–Crippen MR) is 140 cm³/mol. The molecule has 1 aliphatic rings. The van der Waals surface area contributed by atoms with Gasteiger partial charge in [0.25, 0.3) is 5.91 Å². The van der Waals surface area contributed by atoms with Crippen LogP contribution in [-0.2, 0) is 0 Å². The summed E-state index contributed by atoms with van der Waals surface area (Å²) in [5, 5.41) is 13.4. The van der Waals surface area contributed by atoms with Crippen LogP contribution in [0.5, 0.6) is 0 Å². The molecule has 37 heavy (non-hydrogen) atoms. The molecule has 0 radical (unpaired) electrons. The lowest BCUT2D eigenvalue weighted by Crippen LogP contribution is -2.38. The number of aromatic nitrogens is 1. The Morgan fingerprint density at radius 3 is 2.57 bits per heavy atom. The van der Waals surface area contributed by atoms with Gasteiger partial charge in [-0.05, 0) is 85.0 Å². The molecule has 1 fully saturated rings. The van der Waals surface area contributed by atoms with Crippen LogP contribution >= 0.6 is 0 Å². The first kappa shape index (κ1) is 24.5. The van der Waals surface area contributed by atoms with Crippen molar-refractivity contribution in [3.8, 4) is 28.3 Å². The number of nitrogens with one attached hydrogen (secondary N) is 1. The van der Waals surface area contributed by atoms with Crippen molar-refractivity contribution in [2.24, 2.45) is 0 Å². The summed E-state index contributed by atoms with van der Waals surface area (Å²) in [5.74, 6) is -1.70. The first-order chi connectivity index (χ1) is 17.8. The van der Waals surface area contributed by atoms with E-state index in [1.54, 1.807) is 18.0 Å². The maximum Gasteiger partial charge on any atom is 0.255 e. The van der Waals surface area contributed by atoms with Gasteiger partial charge in [0.15, 0.2) is 0 Å². The van der Waals surface area contributed by atoms with Crippen molar-refractivity contribution < 1.29 is 13.6 Å². The van der Waals surface area contributed by atoms with E-state index in [9.17, 15) is 18.8 Å². The lowest BCUT2D eigenvalue weighted by Gasteiger charge is -2.24. The zero-order valence-corrected chi connectivity index (χ0v) is 20.7. The number of hydrogen-bond donors (Lipinski definition) is 1. The topological polar surface area (TPSA) is 69.0 Å². The zero-order chi connectivity index (χ0) is 26.1. The van der Waals surface area contributed by atoms with E-state index in [0.717, 1.165) is 42.1 Å². The number of nitriles is 1. The molecule has 1 atom stereocenters. The molecule has 0 aliphatic carbocycles. The van der Waals surface area contributed by atoms with E-state index in [1.807, 2.05) is 37.3 Å². The molecule has 0 unspecified atom stereocenters. The number of likely N-dealkylation sites (N-methyl/N-ethyl adjacent to an activating group) is 1. The highest BCUT2D eigenvalue weighted by atomic mass is 19.1. The van der Waals surface area contributed by atoms with Gasteiger partial charge < -0.3 is 10.2 Å². The molecule has 5 nitrogen and oxygen atoms in total. The number of amides is 1. The van der Waals surface area contributed by atoms with E-state index in [1.165, 1.54) is 18.3 Å². The molecule has 186 valence electrons. The van der Waals surface area contributed by atoms with Gasteiger partial charge in [-0.1, -0.05) is 12.1 Å². The van der Waals surface area contributed by atoms with Crippen LogP contribution in [0.3, 0.4) is 0 Å². The van der Waals surface area contributed by atoms with Crippen molar-refractivity contribution in [1.82, 2.24) is 15.2 Å². The lowest BCUT2D eigenvalue weighted by atomic mass is 9.92. The number of benzene rings is 3. The van der Waals surface area contributed by atoms with Gasteiger partial charge in [-0.25, -0.2) is 8.78 Å². The van der Waals surface area contributed by atoms with Gasteiger partial charge >= 0.3 is 0 Å². The Kier molecular flexibility index (Phi) is 6.68. The smallest absolute Gasteiger partial charge is 0.255 e. The van der Waals surface area contributed by atoms with Gasteiger partial charge in [0.05, 0.1) is 22.7 Å². The van der Waals surface area contributed by atoms with Crippen LogP contribution < -0.4 is 5.32 Å². The summed E-state index contributed by atoms with van der Waals surface area (Å²) >= 11 is 0. The second kappa shape index (κ2) is 10.1. The molecule has 0 saturated carbocycles. The summed E-state index contributed by atoms with van der Waals surface area (Å²) < 4.78 is 28.4. The molecular formula is C30H26F2N4O. The number of carbonyl (C=O) groups is 1. The Labute approximate surface area is 214 Å². The standard InChI is InChI=1S/C30H26F2N4O/c1-18-5-6-19(15-33)10-25(18)20-7-8-28-26(13-20)29(30(37)36(2)17-24-4-3-9-34-24)27(16-35-28)21-11-22(31)14-23(32)12-21/h5-8,10-14,16,24,34H,3-4,9,17H2,1-2H3/t24-/m0/s1. The first-order valence-electron chi connectivity index (χ1n) is 12.2. The molecule has 4 aromatic rings. The Morgan fingerprint density at radius 2 is 1.86 bits per heavy atom. The first-order valence-corrected chi connectivity index (χ1v) is 12.2. The lowest BCUT2D eigenvalue weighted by molar-refractivity contribution is 0.0786. The van der Waals surface area contributed by atoms with Crippen LogP contribution in [0.25, 0.3) is 33.2 Å². The largest absolute Gasteiger partial charge is 0.340 e. The minimum atomic E-state index is -0.727. The van der Waals surface area contributed by atoms with Crippen molar-refractivity contribution >= 4 is 16.8 Å². The molecule has 3 aromatic carbocycles. The average Bonchev–Trinajstić information content (AvgIpc) is 3.40. The van der Waals surface area contributed by atoms with Gasteiger partial charge in [0, 0.05) is 42.8 Å². The molecular weight excluding hydrogens is 470 g/mol. The Balaban J connectivity index is 1.71. The SMILES string of the molecule is Cc1ccc(C#N)cc1-c1ccc2ncc(-c3cc(F)cc(F)c3)c(C(=O)N(C)C[C@@H]3CCCN3)c2c1. The minimum Gasteiger partial charge on any atom is -0.340 e.